The lowest BCUT2D eigenvalue weighted by Gasteiger charge is -2.18. The summed E-state index contributed by atoms with van der Waals surface area (Å²) >= 11 is 0. The number of carbonyl (C=O) groups is 2. The van der Waals surface area contributed by atoms with Gasteiger partial charge in [0.1, 0.15) is 5.69 Å². The van der Waals surface area contributed by atoms with Crippen LogP contribution in [0.2, 0.25) is 0 Å². The third-order valence-electron chi connectivity index (χ3n) is 2.73. The number of amides is 1. The summed E-state index contributed by atoms with van der Waals surface area (Å²) in [7, 11) is 2.99. The van der Waals surface area contributed by atoms with E-state index in [4.69, 9.17) is 5.11 Å². The monoisotopic (exact) mass is 281 g/mol. The Morgan fingerprint density at radius 3 is 2.60 bits per heavy atom. The molecule has 0 aromatic heterocycles. The molecule has 0 aliphatic rings. The van der Waals surface area contributed by atoms with E-state index in [2.05, 4.69) is 5.32 Å². The molecular weight excluding hydrogens is 266 g/mol. The van der Waals surface area contributed by atoms with Gasteiger partial charge in [0.2, 0.25) is 0 Å². The summed E-state index contributed by atoms with van der Waals surface area (Å²) in [4.78, 5) is 33.9. The Labute approximate surface area is 115 Å². The fraction of sp³-hybridized carbons (Fsp3) is 0.333. The second kappa shape index (κ2) is 6.50. The van der Waals surface area contributed by atoms with Gasteiger partial charge in [-0.2, -0.15) is 0 Å². The van der Waals surface area contributed by atoms with Gasteiger partial charge in [0.25, 0.3) is 11.6 Å². The summed E-state index contributed by atoms with van der Waals surface area (Å²) in [5.41, 5.74) is 0.206. The van der Waals surface area contributed by atoms with Crippen LogP contribution in [0.4, 0.5) is 11.4 Å². The van der Waals surface area contributed by atoms with Crippen LogP contribution in [0.5, 0.6) is 0 Å². The topological polar surface area (TPSA) is 113 Å². The normalized spacial score (nSPS) is 9.90. The largest absolute Gasteiger partial charge is 0.481 e. The van der Waals surface area contributed by atoms with E-state index in [1.165, 1.54) is 30.1 Å². The van der Waals surface area contributed by atoms with Gasteiger partial charge in [-0.05, 0) is 12.1 Å². The predicted molar refractivity (Wildman–Crippen MR) is 72.0 cm³/mol. The zero-order chi connectivity index (χ0) is 15.3. The van der Waals surface area contributed by atoms with E-state index in [-0.39, 0.29) is 29.9 Å². The van der Waals surface area contributed by atoms with E-state index in [0.29, 0.717) is 0 Å². The van der Waals surface area contributed by atoms with Gasteiger partial charge >= 0.3 is 5.97 Å². The first-order valence-corrected chi connectivity index (χ1v) is 5.80. The van der Waals surface area contributed by atoms with E-state index in [0.717, 1.165) is 0 Å². The minimum Gasteiger partial charge on any atom is -0.481 e. The molecule has 0 radical (unpaired) electrons. The molecule has 0 spiro atoms. The van der Waals surface area contributed by atoms with E-state index in [1.54, 1.807) is 7.05 Å². The number of benzene rings is 1. The first-order chi connectivity index (χ1) is 9.36. The summed E-state index contributed by atoms with van der Waals surface area (Å²) in [6.45, 7) is 0.134. The maximum Gasteiger partial charge on any atom is 0.305 e. The molecule has 0 bridgehead atoms. The molecule has 0 aliphatic heterocycles. The number of carboxylic acid groups (broad SMARTS) is 1. The predicted octanol–water partition coefficient (Wildman–Crippen LogP) is 0.865. The number of nitro benzene ring substituents is 1. The van der Waals surface area contributed by atoms with Crippen molar-refractivity contribution in [2.45, 2.75) is 6.42 Å². The van der Waals surface area contributed by atoms with Gasteiger partial charge in [-0.3, -0.25) is 19.7 Å². The number of carboxylic acids is 1. The van der Waals surface area contributed by atoms with Gasteiger partial charge in [0.05, 0.1) is 11.3 Å². The Morgan fingerprint density at radius 1 is 1.45 bits per heavy atom. The number of hydrogen-bond donors (Lipinski definition) is 2. The van der Waals surface area contributed by atoms with Crippen LogP contribution in [0, 0.1) is 10.1 Å². The zero-order valence-corrected chi connectivity index (χ0v) is 11.1. The molecule has 0 atom stereocenters. The molecule has 0 saturated heterocycles. The van der Waals surface area contributed by atoms with Crippen LogP contribution in [0.25, 0.3) is 0 Å². The average Bonchev–Trinajstić information content (AvgIpc) is 2.43. The number of nitro groups is 1. The molecular formula is C12H15N3O5. The fourth-order valence-electron chi connectivity index (χ4n) is 1.66. The summed E-state index contributed by atoms with van der Waals surface area (Å²) in [6.07, 6.45) is -0.134. The third-order valence-corrected chi connectivity index (χ3v) is 2.73. The number of nitrogens with zero attached hydrogens (tertiary/aromatic N) is 2. The van der Waals surface area contributed by atoms with Crippen LogP contribution in [-0.2, 0) is 4.79 Å². The molecule has 0 unspecified atom stereocenters. The summed E-state index contributed by atoms with van der Waals surface area (Å²) < 4.78 is 0. The first-order valence-electron chi connectivity index (χ1n) is 5.80. The van der Waals surface area contributed by atoms with E-state index in [9.17, 15) is 19.7 Å². The Kier molecular flexibility index (Phi) is 5.01. The van der Waals surface area contributed by atoms with Crippen molar-refractivity contribution in [3.63, 3.8) is 0 Å². The molecule has 1 rings (SSSR count). The first kappa shape index (κ1) is 15.4. The Bertz CT molecular complexity index is 544. The highest BCUT2D eigenvalue weighted by atomic mass is 16.6. The molecule has 1 amide bonds. The quantitative estimate of drug-likeness (QED) is 0.590. The van der Waals surface area contributed by atoms with Crippen LogP contribution in [0.15, 0.2) is 18.2 Å². The highest BCUT2D eigenvalue weighted by Crippen LogP contribution is 2.28. The minimum atomic E-state index is -0.985. The van der Waals surface area contributed by atoms with Crippen LogP contribution < -0.4 is 10.2 Å². The van der Waals surface area contributed by atoms with Crippen LogP contribution >= 0.6 is 0 Å². The lowest BCUT2D eigenvalue weighted by molar-refractivity contribution is -0.384. The van der Waals surface area contributed by atoms with Crippen molar-refractivity contribution in [3.8, 4) is 0 Å². The van der Waals surface area contributed by atoms with E-state index in [1.807, 2.05) is 0 Å². The Balaban J connectivity index is 3.10. The summed E-state index contributed by atoms with van der Waals surface area (Å²) in [6, 6.07) is 4.06. The van der Waals surface area contributed by atoms with Gasteiger partial charge < -0.3 is 15.3 Å². The van der Waals surface area contributed by atoms with Crippen molar-refractivity contribution < 1.29 is 19.6 Å². The molecule has 0 aliphatic carbocycles. The van der Waals surface area contributed by atoms with Crippen LogP contribution in [0.1, 0.15) is 16.8 Å². The van der Waals surface area contributed by atoms with Crippen molar-refractivity contribution >= 4 is 23.3 Å². The highest BCUT2D eigenvalue weighted by Gasteiger charge is 2.20. The average molecular weight is 281 g/mol. The molecule has 1 aromatic rings. The number of rotatable bonds is 6. The third kappa shape index (κ3) is 3.67. The molecule has 20 heavy (non-hydrogen) atoms. The number of anilines is 1. The highest BCUT2D eigenvalue weighted by molar-refractivity contribution is 5.95. The lowest BCUT2D eigenvalue weighted by atomic mass is 10.1. The lowest BCUT2D eigenvalue weighted by Crippen LogP contribution is -2.23. The number of carbonyl (C=O) groups excluding carboxylic acids is 1. The molecule has 0 saturated carbocycles. The smallest absolute Gasteiger partial charge is 0.305 e. The second-order valence-electron chi connectivity index (χ2n) is 4.11. The van der Waals surface area contributed by atoms with Gasteiger partial charge in [0, 0.05) is 32.3 Å². The van der Waals surface area contributed by atoms with E-state index < -0.39 is 16.8 Å². The van der Waals surface area contributed by atoms with Crippen molar-refractivity contribution in [1.82, 2.24) is 5.32 Å². The Morgan fingerprint density at radius 2 is 2.10 bits per heavy atom. The Hall–Kier alpha value is -2.64. The molecule has 0 heterocycles. The van der Waals surface area contributed by atoms with Gasteiger partial charge in [0.15, 0.2) is 0 Å². The van der Waals surface area contributed by atoms with Gasteiger partial charge in [-0.25, -0.2) is 0 Å². The molecule has 8 nitrogen and oxygen atoms in total. The second-order valence-corrected chi connectivity index (χ2v) is 4.11. The van der Waals surface area contributed by atoms with Gasteiger partial charge in [-0.15, -0.1) is 0 Å². The summed E-state index contributed by atoms with van der Waals surface area (Å²) in [5.74, 6) is -1.41. The van der Waals surface area contributed by atoms with Gasteiger partial charge in [-0.1, -0.05) is 0 Å². The number of aliphatic carboxylic acids is 1. The van der Waals surface area contributed by atoms with Crippen LogP contribution in [-0.4, -0.2) is 42.5 Å². The standard InChI is InChI=1S/C12H15N3O5/c1-13-12(18)8-3-4-9(10(7-8)15(19)20)14(2)6-5-11(16)17/h3-4,7H,5-6H2,1-2H3,(H,13,18)(H,16,17). The van der Waals surface area contributed by atoms with E-state index >= 15 is 0 Å². The molecule has 2 N–H and O–H groups in total. The maximum atomic E-state index is 11.5. The van der Waals surface area contributed by atoms with Crippen molar-refractivity contribution in [1.29, 1.82) is 0 Å². The van der Waals surface area contributed by atoms with Crippen molar-refractivity contribution in [2.24, 2.45) is 0 Å². The van der Waals surface area contributed by atoms with Crippen molar-refractivity contribution in [2.75, 3.05) is 25.5 Å². The molecule has 8 heteroatoms. The number of nitrogens with one attached hydrogen (secondary N) is 1. The molecule has 0 fully saturated rings. The SMILES string of the molecule is CNC(=O)c1ccc(N(C)CCC(=O)O)c([N+](=O)[O-])c1. The molecule has 1 aromatic carbocycles. The molecule has 108 valence electrons. The number of hydrogen-bond acceptors (Lipinski definition) is 5. The van der Waals surface area contributed by atoms with Crippen molar-refractivity contribution in [3.05, 3.63) is 33.9 Å². The van der Waals surface area contributed by atoms with Crippen LogP contribution in [0.3, 0.4) is 0 Å². The maximum absolute atomic E-state index is 11.5. The zero-order valence-electron chi connectivity index (χ0n) is 11.1. The minimum absolute atomic E-state index is 0.134. The summed E-state index contributed by atoms with van der Waals surface area (Å²) in [5, 5.41) is 22.1. The fourth-order valence-corrected chi connectivity index (χ4v) is 1.66.